The van der Waals surface area contributed by atoms with Crippen molar-refractivity contribution in [1.29, 1.82) is 0 Å². The zero-order valence-electron chi connectivity index (χ0n) is 21.0. The molecular weight excluding hydrogens is 472 g/mol. The molecule has 2 amide bonds. The second-order valence-corrected chi connectivity index (χ2v) is 11.3. The van der Waals surface area contributed by atoms with Crippen LogP contribution in [0, 0.1) is 12.8 Å². The van der Waals surface area contributed by atoms with E-state index in [1.54, 1.807) is 22.3 Å². The molecule has 2 aliphatic rings. The lowest BCUT2D eigenvalue weighted by Crippen LogP contribution is -2.46. The number of carbonyl (C=O) groups excluding carboxylic acids is 2. The number of nitrogens with one attached hydrogen (secondary N) is 1. The van der Waals surface area contributed by atoms with Gasteiger partial charge in [-0.1, -0.05) is 13.0 Å². The van der Waals surface area contributed by atoms with Gasteiger partial charge in [0.25, 0.3) is 0 Å². The molecule has 2 aromatic heterocycles. The Morgan fingerprint density at radius 1 is 1.19 bits per heavy atom. The second-order valence-electron chi connectivity index (χ2n) is 10.2. The molecule has 2 aliphatic heterocycles. The molecule has 9 heteroatoms. The molecular formula is C27H34N6O2S. The standard InChI is InChI=1S/C27H34N6O2S/c1-17-5-7-22(33(16-17)27(35)26(34)30-20-13-18(2)25(28)29-15-20)19-6-8-23-21(14-19)31-24(36-23)9-12-32-10-3-4-11-32/h6,8,13-15,17,22H,3-5,7,9-12,16H2,1-2H3,(H2,28,29)(H,30,34)/t17-,22+/m0/s1. The van der Waals surface area contributed by atoms with Crippen molar-refractivity contribution in [2.45, 2.75) is 52.0 Å². The number of pyridine rings is 1. The minimum absolute atomic E-state index is 0.148. The summed E-state index contributed by atoms with van der Waals surface area (Å²) in [6.45, 7) is 7.94. The first-order valence-electron chi connectivity index (χ1n) is 12.8. The summed E-state index contributed by atoms with van der Waals surface area (Å²) in [7, 11) is 0. The molecule has 0 unspecified atom stereocenters. The molecule has 0 aliphatic carbocycles. The molecule has 0 saturated carbocycles. The van der Waals surface area contributed by atoms with Gasteiger partial charge in [0.2, 0.25) is 0 Å². The van der Waals surface area contributed by atoms with Gasteiger partial charge in [-0.05, 0) is 80.9 Å². The summed E-state index contributed by atoms with van der Waals surface area (Å²) in [5.41, 5.74) is 9.01. The zero-order chi connectivity index (χ0) is 25.2. The largest absolute Gasteiger partial charge is 0.383 e. The van der Waals surface area contributed by atoms with E-state index in [0.717, 1.165) is 47.5 Å². The first kappa shape index (κ1) is 24.6. The number of amides is 2. The van der Waals surface area contributed by atoms with E-state index in [1.165, 1.54) is 36.8 Å². The first-order valence-corrected chi connectivity index (χ1v) is 13.6. The van der Waals surface area contributed by atoms with Crippen LogP contribution in [0.3, 0.4) is 0 Å². The van der Waals surface area contributed by atoms with E-state index in [0.29, 0.717) is 24.0 Å². The molecule has 3 aromatic rings. The fraction of sp³-hybridized carbons (Fsp3) is 0.481. The summed E-state index contributed by atoms with van der Waals surface area (Å²) in [4.78, 5) is 39.4. The summed E-state index contributed by atoms with van der Waals surface area (Å²) in [5.74, 6) is -0.441. The summed E-state index contributed by atoms with van der Waals surface area (Å²) >= 11 is 1.75. The van der Waals surface area contributed by atoms with Crippen molar-refractivity contribution in [3.8, 4) is 0 Å². The minimum atomic E-state index is -0.654. The number of piperidine rings is 1. The maximum absolute atomic E-state index is 13.3. The lowest BCUT2D eigenvalue weighted by atomic mass is 9.89. The Balaban J connectivity index is 1.32. The van der Waals surface area contributed by atoms with E-state index >= 15 is 0 Å². The predicted molar refractivity (Wildman–Crippen MR) is 144 cm³/mol. The molecule has 190 valence electrons. The number of carbonyl (C=O) groups is 2. The molecule has 3 N–H and O–H groups in total. The Hall–Kier alpha value is -3.04. The van der Waals surface area contributed by atoms with Crippen molar-refractivity contribution in [3.63, 3.8) is 0 Å². The third-order valence-electron chi connectivity index (χ3n) is 7.33. The number of rotatable bonds is 5. The highest BCUT2D eigenvalue weighted by molar-refractivity contribution is 7.18. The van der Waals surface area contributed by atoms with E-state index in [1.807, 2.05) is 6.92 Å². The van der Waals surface area contributed by atoms with Crippen LogP contribution in [0.2, 0.25) is 0 Å². The number of hydrogen-bond donors (Lipinski definition) is 2. The number of aryl methyl sites for hydroxylation is 1. The van der Waals surface area contributed by atoms with E-state index in [4.69, 9.17) is 10.7 Å². The van der Waals surface area contributed by atoms with Crippen molar-refractivity contribution in [1.82, 2.24) is 19.8 Å². The third kappa shape index (κ3) is 5.37. The molecule has 2 fully saturated rings. The van der Waals surface area contributed by atoms with Gasteiger partial charge in [0, 0.05) is 19.5 Å². The van der Waals surface area contributed by atoms with Crippen LogP contribution in [-0.2, 0) is 16.0 Å². The molecule has 0 spiro atoms. The Bertz CT molecular complexity index is 1270. The summed E-state index contributed by atoms with van der Waals surface area (Å²) in [5, 5.41) is 3.86. The number of aromatic nitrogens is 2. The monoisotopic (exact) mass is 506 g/mol. The van der Waals surface area contributed by atoms with E-state index in [2.05, 4.69) is 40.3 Å². The normalized spacial score (nSPS) is 20.7. The van der Waals surface area contributed by atoms with Crippen LogP contribution < -0.4 is 11.1 Å². The second kappa shape index (κ2) is 10.5. The number of nitrogens with zero attached hydrogens (tertiary/aromatic N) is 4. The lowest BCUT2D eigenvalue weighted by molar-refractivity contribution is -0.146. The molecule has 0 bridgehead atoms. The van der Waals surface area contributed by atoms with E-state index < -0.39 is 11.8 Å². The Kier molecular flexibility index (Phi) is 7.20. The summed E-state index contributed by atoms with van der Waals surface area (Å²) in [6, 6.07) is 7.89. The molecule has 2 atom stereocenters. The first-order chi connectivity index (χ1) is 17.4. The number of likely N-dealkylation sites (tertiary alicyclic amines) is 2. The molecule has 1 aromatic carbocycles. The number of thiazole rings is 1. The minimum Gasteiger partial charge on any atom is -0.383 e. The van der Waals surface area contributed by atoms with E-state index in [-0.39, 0.29) is 6.04 Å². The van der Waals surface area contributed by atoms with Gasteiger partial charge in [-0.25, -0.2) is 9.97 Å². The smallest absolute Gasteiger partial charge is 0.313 e. The highest BCUT2D eigenvalue weighted by Gasteiger charge is 2.34. The molecule has 36 heavy (non-hydrogen) atoms. The van der Waals surface area contributed by atoms with Gasteiger partial charge < -0.3 is 20.9 Å². The number of nitrogen functional groups attached to an aromatic ring is 1. The number of hydrogen-bond acceptors (Lipinski definition) is 7. The van der Waals surface area contributed by atoms with Gasteiger partial charge in [-0.15, -0.1) is 11.3 Å². The highest BCUT2D eigenvalue weighted by atomic mass is 32.1. The van der Waals surface area contributed by atoms with Crippen LogP contribution in [0.4, 0.5) is 11.5 Å². The predicted octanol–water partition coefficient (Wildman–Crippen LogP) is 4.16. The molecule has 2 saturated heterocycles. The van der Waals surface area contributed by atoms with Gasteiger partial charge >= 0.3 is 11.8 Å². The van der Waals surface area contributed by atoms with Gasteiger partial charge in [0.1, 0.15) is 5.82 Å². The molecule has 4 heterocycles. The van der Waals surface area contributed by atoms with Crippen molar-refractivity contribution in [3.05, 3.63) is 46.6 Å². The topological polar surface area (TPSA) is 104 Å². The Morgan fingerprint density at radius 2 is 2.00 bits per heavy atom. The van der Waals surface area contributed by atoms with Crippen LogP contribution >= 0.6 is 11.3 Å². The number of fused-ring (bicyclic) bond motifs is 1. The highest BCUT2D eigenvalue weighted by Crippen LogP contribution is 2.35. The summed E-state index contributed by atoms with van der Waals surface area (Å²) in [6.07, 6.45) is 6.87. The SMILES string of the molecule is Cc1cc(NC(=O)C(=O)N2C[C@@H](C)CC[C@@H]2c2ccc3sc(CCN4CCCC4)nc3c2)cnc1N. The van der Waals surface area contributed by atoms with Crippen molar-refractivity contribution >= 4 is 44.9 Å². The number of benzene rings is 1. The van der Waals surface area contributed by atoms with Crippen molar-refractivity contribution in [2.75, 3.05) is 37.2 Å². The van der Waals surface area contributed by atoms with Gasteiger partial charge in [0.15, 0.2) is 0 Å². The van der Waals surface area contributed by atoms with Gasteiger partial charge in [0.05, 0.1) is 33.2 Å². The average molecular weight is 507 g/mol. The number of nitrogens with two attached hydrogens (primary N) is 1. The Morgan fingerprint density at radius 3 is 2.78 bits per heavy atom. The van der Waals surface area contributed by atoms with E-state index in [9.17, 15) is 9.59 Å². The van der Waals surface area contributed by atoms with Crippen LogP contribution in [0.1, 0.15) is 54.8 Å². The van der Waals surface area contributed by atoms with Crippen molar-refractivity contribution < 1.29 is 9.59 Å². The van der Waals surface area contributed by atoms with Crippen LogP contribution in [-0.4, -0.2) is 57.8 Å². The fourth-order valence-corrected chi connectivity index (χ4v) is 6.20. The number of anilines is 2. The van der Waals surface area contributed by atoms with Gasteiger partial charge in [-0.3, -0.25) is 9.59 Å². The molecule has 5 rings (SSSR count). The molecule has 0 radical (unpaired) electrons. The quantitative estimate of drug-likeness (QED) is 0.504. The third-order valence-corrected chi connectivity index (χ3v) is 8.43. The van der Waals surface area contributed by atoms with Crippen LogP contribution in [0.15, 0.2) is 30.5 Å². The maximum atomic E-state index is 13.3. The zero-order valence-corrected chi connectivity index (χ0v) is 21.8. The van der Waals surface area contributed by atoms with Gasteiger partial charge in [-0.2, -0.15) is 0 Å². The fourth-order valence-electron chi connectivity index (χ4n) is 5.26. The summed E-state index contributed by atoms with van der Waals surface area (Å²) < 4.78 is 1.17. The van der Waals surface area contributed by atoms with Crippen molar-refractivity contribution in [2.24, 2.45) is 5.92 Å². The van der Waals surface area contributed by atoms with Crippen LogP contribution in [0.5, 0.6) is 0 Å². The Labute approximate surface area is 215 Å². The lowest BCUT2D eigenvalue weighted by Gasteiger charge is -2.38. The van der Waals surface area contributed by atoms with Crippen LogP contribution in [0.25, 0.3) is 10.2 Å². The maximum Gasteiger partial charge on any atom is 0.313 e. The molecule has 8 nitrogen and oxygen atoms in total. The average Bonchev–Trinajstić information content (AvgIpc) is 3.53.